The average Bonchev–Trinajstić information content (AvgIpc) is 2.83. The van der Waals surface area contributed by atoms with Gasteiger partial charge < -0.3 is 19.9 Å². The summed E-state index contributed by atoms with van der Waals surface area (Å²) in [6, 6.07) is 12.5. The fraction of sp³-hybridized carbons (Fsp3) is 0.261. The number of methoxy groups -OCH3 is 2. The number of nitrogens with two attached hydrogens (primary N) is 1. The van der Waals surface area contributed by atoms with Crippen LogP contribution >= 0.6 is 0 Å². The molecule has 0 aliphatic heterocycles. The number of nitrogens with zero attached hydrogens (tertiary/aromatic N) is 2. The van der Waals surface area contributed by atoms with Gasteiger partial charge in [0.25, 0.3) is 11.5 Å². The molecule has 0 bridgehead atoms. The number of hydrogen-bond acceptors (Lipinski definition) is 7. The van der Waals surface area contributed by atoms with E-state index in [0.29, 0.717) is 0 Å². The van der Waals surface area contributed by atoms with Crippen LogP contribution in [0.25, 0.3) is 0 Å². The van der Waals surface area contributed by atoms with Crippen molar-refractivity contribution in [1.29, 1.82) is 0 Å². The zero-order valence-corrected chi connectivity index (χ0v) is 19.0. The van der Waals surface area contributed by atoms with Crippen molar-refractivity contribution in [2.45, 2.75) is 13.2 Å². The summed E-state index contributed by atoms with van der Waals surface area (Å²) in [5.41, 5.74) is 5.11. The number of carbonyl (C=O) groups is 1. The van der Waals surface area contributed by atoms with E-state index in [4.69, 9.17) is 15.2 Å². The Morgan fingerprint density at radius 2 is 1.83 bits per heavy atom. The molecule has 0 fully saturated rings. The highest BCUT2D eigenvalue weighted by Gasteiger charge is 2.26. The molecule has 3 N–H and O–H groups in total. The van der Waals surface area contributed by atoms with E-state index < -0.39 is 23.8 Å². The van der Waals surface area contributed by atoms with Crippen LogP contribution in [0.2, 0.25) is 0 Å². The van der Waals surface area contributed by atoms with Crippen molar-refractivity contribution in [1.82, 2.24) is 9.55 Å². The van der Waals surface area contributed by atoms with Crippen LogP contribution in [0.3, 0.4) is 0 Å². The van der Waals surface area contributed by atoms with Gasteiger partial charge in [-0.3, -0.25) is 24.0 Å². The average molecular weight is 490 g/mol. The van der Waals surface area contributed by atoms with Crippen molar-refractivity contribution in [3.63, 3.8) is 0 Å². The van der Waals surface area contributed by atoms with Gasteiger partial charge in [0.2, 0.25) is 0 Å². The van der Waals surface area contributed by atoms with Gasteiger partial charge in [-0.15, -0.1) is 0 Å². The number of alkyl halides is 2. The van der Waals surface area contributed by atoms with Crippen LogP contribution in [-0.4, -0.2) is 49.4 Å². The summed E-state index contributed by atoms with van der Waals surface area (Å²) in [5.74, 6) is -1.31. The highest BCUT2D eigenvalue weighted by molar-refractivity contribution is 6.07. The van der Waals surface area contributed by atoms with Gasteiger partial charge in [0.1, 0.15) is 5.82 Å². The molecule has 0 atom stereocenters. The Bertz CT molecular complexity index is 1290. The van der Waals surface area contributed by atoms with Gasteiger partial charge >= 0.3 is 12.3 Å². The largest absolute Gasteiger partial charge is 0.493 e. The summed E-state index contributed by atoms with van der Waals surface area (Å²) in [4.78, 5) is 42.0. The molecule has 0 aliphatic rings. The summed E-state index contributed by atoms with van der Waals surface area (Å²) in [5, 5.41) is 0. The third-order valence-electron chi connectivity index (χ3n) is 5.06. The van der Waals surface area contributed by atoms with Gasteiger partial charge in [0, 0.05) is 19.2 Å². The van der Waals surface area contributed by atoms with Crippen molar-refractivity contribution in [3.8, 4) is 11.5 Å². The van der Waals surface area contributed by atoms with Gasteiger partial charge in [-0.25, -0.2) is 4.79 Å². The first-order valence-corrected chi connectivity index (χ1v) is 10.4. The standard InChI is InChI=1S/C23H24F2N4O6/c1-33-11-10-28(21(31)15-8-9-16(35-22(24)25)17(12-15)34-2)18-19(26)29(23(32)27-20(18)30)13-14-6-4-3-5-7-14/h3-9,12,22H,10-11,13,26H2,1-2H3,(H,27,30,32). The van der Waals surface area contributed by atoms with E-state index in [2.05, 4.69) is 9.72 Å². The fourth-order valence-corrected chi connectivity index (χ4v) is 3.41. The first-order chi connectivity index (χ1) is 16.8. The maximum Gasteiger partial charge on any atom is 0.387 e. The summed E-state index contributed by atoms with van der Waals surface area (Å²) in [6.07, 6.45) is 0. The molecule has 0 spiro atoms. The van der Waals surface area contributed by atoms with Crippen molar-refractivity contribution < 1.29 is 27.8 Å². The minimum Gasteiger partial charge on any atom is -0.493 e. The van der Waals surface area contributed by atoms with E-state index in [-0.39, 0.29) is 48.3 Å². The van der Waals surface area contributed by atoms with Crippen LogP contribution in [0.15, 0.2) is 58.1 Å². The van der Waals surface area contributed by atoms with Crippen molar-refractivity contribution in [2.24, 2.45) is 0 Å². The Labute approximate surface area is 198 Å². The highest BCUT2D eigenvalue weighted by atomic mass is 19.3. The lowest BCUT2D eigenvalue weighted by atomic mass is 10.1. The van der Waals surface area contributed by atoms with Gasteiger partial charge in [-0.05, 0) is 23.8 Å². The van der Waals surface area contributed by atoms with E-state index in [1.807, 2.05) is 6.07 Å². The van der Waals surface area contributed by atoms with Crippen LogP contribution in [-0.2, 0) is 11.3 Å². The maximum absolute atomic E-state index is 13.4. The molecule has 2 aromatic carbocycles. The Balaban J connectivity index is 2.08. The first kappa shape index (κ1) is 25.4. The quantitative estimate of drug-likeness (QED) is 0.445. The van der Waals surface area contributed by atoms with Gasteiger partial charge in [-0.2, -0.15) is 8.78 Å². The second-order valence-corrected chi connectivity index (χ2v) is 7.26. The van der Waals surface area contributed by atoms with Crippen LogP contribution in [0.4, 0.5) is 20.3 Å². The van der Waals surface area contributed by atoms with E-state index in [1.54, 1.807) is 24.3 Å². The predicted molar refractivity (Wildman–Crippen MR) is 124 cm³/mol. The van der Waals surface area contributed by atoms with Crippen molar-refractivity contribution in [3.05, 3.63) is 80.5 Å². The number of ether oxygens (including phenoxy) is 3. The zero-order chi connectivity index (χ0) is 25.5. The number of benzene rings is 2. The molecular weight excluding hydrogens is 466 g/mol. The van der Waals surface area contributed by atoms with Crippen LogP contribution < -0.4 is 31.4 Å². The second kappa shape index (κ2) is 11.3. The normalized spacial score (nSPS) is 10.9. The Morgan fingerprint density at radius 1 is 1.11 bits per heavy atom. The summed E-state index contributed by atoms with van der Waals surface area (Å²) < 4.78 is 41.0. The monoisotopic (exact) mass is 490 g/mol. The number of aromatic nitrogens is 2. The SMILES string of the molecule is COCCN(C(=O)c1ccc(OC(F)F)c(OC)c1)c1c(N)n(Cc2ccccc2)c(=O)[nH]c1=O. The minimum absolute atomic E-state index is 0.000760. The number of carbonyl (C=O) groups excluding carboxylic acids is 1. The van der Waals surface area contributed by atoms with Crippen LogP contribution in [0.5, 0.6) is 11.5 Å². The first-order valence-electron chi connectivity index (χ1n) is 10.4. The molecular formula is C23H24F2N4O6. The van der Waals surface area contributed by atoms with Gasteiger partial charge in [-0.1, -0.05) is 30.3 Å². The molecule has 0 saturated heterocycles. The van der Waals surface area contributed by atoms with E-state index >= 15 is 0 Å². The Hall–Kier alpha value is -4.19. The Morgan fingerprint density at radius 3 is 2.46 bits per heavy atom. The molecule has 3 rings (SSSR count). The van der Waals surface area contributed by atoms with Crippen LogP contribution in [0.1, 0.15) is 15.9 Å². The smallest absolute Gasteiger partial charge is 0.387 e. The summed E-state index contributed by atoms with van der Waals surface area (Å²) in [6.45, 7) is -3.10. The lowest BCUT2D eigenvalue weighted by Crippen LogP contribution is -2.42. The molecule has 10 nitrogen and oxygen atoms in total. The highest BCUT2D eigenvalue weighted by Crippen LogP contribution is 2.30. The van der Waals surface area contributed by atoms with Crippen molar-refractivity contribution in [2.75, 3.05) is 38.0 Å². The fourth-order valence-electron chi connectivity index (χ4n) is 3.41. The molecule has 12 heteroatoms. The maximum atomic E-state index is 13.4. The number of H-pyrrole nitrogens is 1. The molecule has 186 valence electrons. The third-order valence-corrected chi connectivity index (χ3v) is 5.06. The second-order valence-electron chi connectivity index (χ2n) is 7.26. The zero-order valence-electron chi connectivity index (χ0n) is 19.0. The lowest BCUT2D eigenvalue weighted by Gasteiger charge is -2.24. The van der Waals surface area contributed by atoms with E-state index in [9.17, 15) is 23.2 Å². The molecule has 0 unspecified atom stereocenters. The number of rotatable bonds is 10. The predicted octanol–water partition coefficient (Wildman–Crippen LogP) is 2.07. The molecule has 1 heterocycles. The number of halogens is 2. The van der Waals surface area contributed by atoms with Gasteiger partial charge in [0.05, 0.1) is 20.3 Å². The topological polar surface area (TPSA) is 129 Å². The number of amides is 1. The van der Waals surface area contributed by atoms with Gasteiger partial charge in [0.15, 0.2) is 17.2 Å². The number of anilines is 2. The molecule has 0 saturated carbocycles. The molecule has 0 radical (unpaired) electrons. The Kier molecular flexibility index (Phi) is 8.21. The number of hydrogen-bond donors (Lipinski definition) is 2. The number of nitrogen functional groups attached to an aromatic ring is 1. The molecule has 0 aliphatic carbocycles. The molecule has 1 amide bonds. The molecule has 1 aromatic heterocycles. The summed E-state index contributed by atoms with van der Waals surface area (Å²) in [7, 11) is 2.64. The number of nitrogens with one attached hydrogen (secondary N) is 1. The molecule has 3 aromatic rings. The van der Waals surface area contributed by atoms with E-state index in [1.165, 1.54) is 26.4 Å². The number of aromatic amines is 1. The third kappa shape index (κ3) is 5.84. The van der Waals surface area contributed by atoms with E-state index in [0.717, 1.165) is 21.1 Å². The van der Waals surface area contributed by atoms with Crippen molar-refractivity contribution >= 4 is 17.4 Å². The summed E-state index contributed by atoms with van der Waals surface area (Å²) >= 11 is 0. The lowest BCUT2D eigenvalue weighted by molar-refractivity contribution is -0.0512. The molecule has 35 heavy (non-hydrogen) atoms. The minimum atomic E-state index is -3.09. The van der Waals surface area contributed by atoms with Crippen LogP contribution in [0, 0.1) is 0 Å².